The van der Waals surface area contributed by atoms with Gasteiger partial charge in [0.05, 0.1) is 43.9 Å². The molecule has 0 atom stereocenters. The van der Waals surface area contributed by atoms with Gasteiger partial charge in [-0.2, -0.15) is 0 Å². The summed E-state index contributed by atoms with van der Waals surface area (Å²) in [5.74, 6) is -0.422. The number of nitrogens with one attached hydrogen (secondary N) is 2. The first kappa shape index (κ1) is 19.2. The number of Topliss-reactive ketones (excluding diaryl/α,β-unsaturated/α-hetero) is 1. The van der Waals surface area contributed by atoms with E-state index >= 15 is 0 Å². The number of piperazine rings is 1. The Hall–Kier alpha value is -2.60. The van der Waals surface area contributed by atoms with Crippen LogP contribution in [0, 0.1) is 13.8 Å². The number of anilines is 1. The molecule has 1 saturated heterocycles. The number of para-hydroxylation sites is 1. The standard InChI is InChI=1S/C21H27N3O3/c1-4-27-21(26)20-16(3)22-15(2)19(20)18(25)14-23-10-12-24(13-11-23)17-8-6-5-7-9-17/h5-9,22H,4,10-14H2,1-3H3/p+1. The summed E-state index contributed by atoms with van der Waals surface area (Å²) >= 11 is 0. The summed E-state index contributed by atoms with van der Waals surface area (Å²) in [7, 11) is 0. The van der Waals surface area contributed by atoms with Gasteiger partial charge in [-0.15, -0.1) is 0 Å². The number of ether oxygens (including phenoxy) is 1. The lowest BCUT2D eigenvalue weighted by atomic mass is 10.0. The van der Waals surface area contributed by atoms with Crippen molar-refractivity contribution in [3.05, 3.63) is 52.8 Å². The predicted molar refractivity (Wildman–Crippen MR) is 105 cm³/mol. The molecule has 3 rings (SSSR count). The number of aromatic nitrogens is 1. The fourth-order valence-electron chi connectivity index (χ4n) is 3.80. The number of nitrogens with zero attached hydrogens (tertiary/aromatic N) is 1. The van der Waals surface area contributed by atoms with E-state index in [9.17, 15) is 9.59 Å². The van der Waals surface area contributed by atoms with Gasteiger partial charge in [0.2, 0.25) is 5.78 Å². The molecule has 27 heavy (non-hydrogen) atoms. The van der Waals surface area contributed by atoms with Gasteiger partial charge in [0.15, 0.2) is 0 Å². The van der Waals surface area contributed by atoms with E-state index < -0.39 is 5.97 Å². The molecule has 2 aromatic rings. The minimum atomic E-state index is -0.424. The zero-order valence-corrected chi connectivity index (χ0v) is 16.3. The van der Waals surface area contributed by atoms with Crippen LogP contribution < -0.4 is 9.80 Å². The van der Waals surface area contributed by atoms with Gasteiger partial charge >= 0.3 is 5.97 Å². The molecule has 1 aliphatic heterocycles. The van der Waals surface area contributed by atoms with Gasteiger partial charge in [0, 0.05) is 17.1 Å². The molecule has 1 aromatic carbocycles. The van der Waals surface area contributed by atoms with Gasteiger partial charge in [0.1, 0.15) is 6.54 Å². The molecule has 2 N–H and O–H groups in total. The monoisotopic (exact) mass is 370 g/mol. The number of quaternary nitrogens is 1. The van der Waals surface area contributed by atoms with Crippen molar-refractivity contribution < 1.29 is 19.2 Å². The average molecular weight is 370 g/mol. The van der Waals surface area contributed by atoms with Gasteiger partial charge in [-0.05, 0) is 32.9 Å². The molecule has 144 valence electrons. The van der Waals surface area contributed by atoms with E-state index in [1.54, 1.807) is 6.92 Å². The molecule has 0 spiro atoms. The van der Waals surface area contributed by atoms with Crippen molar-refractivity contribution in [1.82, 2.24) is 4.98 Å². The Morgan fingerprint density at radius 1 is 1.07 bits per heavy atom. The van der Waals surface area contributed by atoms with Gasteiger partial charge in [-0.3, -0.25) is 4.79 Å². The highest BCUT2D eigenvalue weighted by Crippen LogP contribution is 2.20. The van der Waals surface area contributed by atoms with Gasteiger partial charge < -0.3 is 19.5 Å². The molecule has 2 heterocycles. The number of hydrogen-bond acceptors (Lipinski definition) is 4. The highest BCUT2D eigenvalue weighted by Gasteiger charge is 2.29. The highest BCUT2D eigenvalue weighted by molar-refractivity contribution is 6.08. The first-order chi connectivity index (χ1) is 13.0. The van der Waals surface area contributed by atoms with Crippen LogP contribution in [0.3, 0.4) is 0 Å². The molecular weight excluding hydrogens is 342 g/mol. The molecule has 6 heteroatoms. The summed E-state index contributed by atoms with van der Waals surface area (Å²) in [5, 5.41) is 0. The van der Waals surface area contributed by atoms with E-state index in [-0.39, 0.29) is 5.78 Å². The lowest BCUT2D eigenvalue weighted by molar-refractivity contribution is -0.892. The number of esters is 1. The Balaban J connectivity index is 1.66. The lowest BCUT2D eigenvalue weighted by Gasteiger charge is -2.33. The molecule has 0 saturated carbocycles. The number of H-pyrrole nitrogens is 1. The van der Waals surface area contributed by atoms with Crippen molar-refractivity contribution >= 4 is 17.4 Å². The molecule has 0 aliphatic carbocycles. The van der Waals surface area contributed by atoms with Crippen LogP contribution in [0.25, 0.3) is 0 Å². The summed E-state index contributed by atoms with van der Waals surface area (Å²) in [6.45, 7) is 9.74. The van der Waals surface area contributed by atoms with Crippen molar-refractivity contribution in [2.75, 3.05) is 44.2 Å². The fourth-order valence-corrected chi connectivity index (χ4v) is 3.80. The minimum absolute atomic E-state index is 0.00284. The highest BCUT2D eigenvalue weighted by atomic mass is 16.5. The number of hydrogen-bond donors (Lipinski definition) is 2. The summed E-state index contributed by atoms with van der Waals surface area (Å²) in [4.78, 5) is 32.0. The number of carbonyl (C=O) groups is 2. The zero-order chi connectivity index (χ0) is 19.4. The van der Waals surface area contributed by atoms with Crippen LogP contribution in [0.15, 0.2) is 30.3 Å². The number of benzene rings is 1. The molecule has 0 bridgehead atoms. The molecular formula is C21H28N3O3+. The van der Waals surface area contributed by atoms with Crippen LogP contribution >= 0.6 is 0 Å². The van der Waals surface area contributed by atoms with Gasteiger partial charge in [-0.1, -0.05) is 18.2 Å². The number of carbonyl (C=O) groups excluding carboxylic acids is 2. The number of rotatable bonds is 6. The summed E-state index contributed by atoms with van der Waals surface area (Å²) in [6, 6.07) is 10.4. The van der Waals surface area contributed by atoms with Crippen molar-refractivity contribution in [3.8, 4) is 0 Å². The van der Waals surface area contributed by atoms with Crippen LogP contribution in [0.1, 0.15) is 39.0 Å². The van der Waals surface area contributed by atoms with Gasteiger partial charge in [-0.25, -0.2) is 4.79 Å². The normalized spacial score (nSPS) is 15.0. The van der Waals surface area contributed by atoms with Crippen molar-refractivity contribution in [2.24, 2.45) is 0 Å². The van der Waals surface area contributed by atoms with E-state index in [0.29, 0.717) is 30.0 Å². The second-order valence-corrected chi connectivity index (χ2v) is 7.02. The predicted octanol–water partition coefficient (Wildman–Crippen LogP) is 1.40. The summed E-state index contributed by atoms with van der Waals surface area (Å²) in [5.41, 5.74) is 3.54. The molecule has 1 fully saturated rings. The Morgan fingerprint density at radius 3 is 2.33 bits per heavy atom. The number of aryl methyl sites for hydroxylation is 2. The topological polar surface area (TPSA) is 66.8 Å². The molecule has 0 radical (unpaired) electrons. The summed E-state index contributed by atoms with van der Waals surface area (Å²) in [6.07, 6.45) is 0. The average Bonchev–Trinajstić information content (AvgIpc) is 2.97. The van der Waals surface area contributed by atoms with Gasteiger partial charge in [0.25, 0.3) is 0 Å². The van der Waals surface area contributed by atoms with E-state index in [1.165, 1.54) is 10.6 Å². The lowest BCUT2D eigenvalue weighted by Crippen LogP contribution is -3.15. The largest absolute Gasteiger partial charge is 0.462 e. The third-order valence-corrected chi connectivity index (χ3v) is 5.14. The second kappa shape index (κ2) is 8.39. The third kappa shape index (κ3) is 4.22. The first-order valence-corrected chi connectivity index (χ1v) is 9.54. The van der Waals surface area contributed by atoms with Crippen LogP contribution in [0.5, 0.6) is 0 Å². The van der Waals surface area contributed by atoms with E-state index in [4.69, 9.17) is 4.74 Å². The van der Waals surface area contributed by atoms with Crippen LogP contribution in [0.4, 0.5) is 5.69 Å². The first-order valence-electron chi connectivity index (χ1n) is 9.54. The van der Waals surface area contributed by atoms with Crippen LogP contribution in [-0.4, -0.2) is 56.1 Å². The Kier molecular flexibility index (Phi) is 5.96. The molecule has 0 unspecified atom stereocenters. The van der Waals surface area contributed by atoms with E-state index in [0.717, 1.165) is 31.9 Å². The van der Waals surface area contributed by atoms with Crippen molar-refractivity contribution in [1.29, 1.82) is 0 Å². The zero-order valence-electron chi connectivity index (χ0n) is 16.3. The molecule has 1 aliphatic rings. The van der Waals surface area contributed by atoms with E-state index in [1.807, 2.05) is 32.0 Å². The maximum absolute atomic E-state index is 13.0. The second-order valence-electron chi connectivity index (χ2n) is 7.02. The maximum Gasteiger partial charge on any atom is 0.340 e. The maximum atomic E-state index is 13.0. The third-order valence-electron chi connectivity index (χ3n) is 5.14. The number of aromatic amines is 1. The Labute approximate surface area is 160 Å². The van der Waals surface area contributed by atoms with E-state index in [2.05, 4.69) is 22.0 Å². The summed E-state index contributed by atoms with van der Waals surface area (Å²) < 4.78 is 5.14. The van der Waals surface area contributed by atoms with Crippen LogP contribution in [-0.2, 0) is 4.74 Å². The van der Waals surface area contributed by atoms with Crippen molar-refractivity contribution in [3.63, 3.8) is 0 Å². The Bertz CT molecular complexity index is 806. The molecule has 1 aromatic heterocycles. The molecule has 6 nitrogen and oxygen atoms in total. The Morgan fingerprint density at radius 2 is 1.70 bits per heavy atom. The SMILES string of the molecule is CCOC(=O)c1c(C)[nH]c(C)c1C(=O)C[NH+]1CCN(c2ccccc2)CC1. The van der Waals surface area contributed by atoms with Crippen LogP contribution in [0.2, 0.25) is 0 Å². The quantitative estimate of drug-likeness (QED) is 0.596. The fraction of sp³-hybridized carbons (Fsp3) is 0.429. The number of ketones is 1. The van der Waals surface area contributed by atoms with Crippen molar-refractivity contribution in [2.45, 2.75) is 20.8 Å². The molecule has 0 amide bonds. The minimum Gasteiger partial charge on any atom is -0.462 e. The smallest absolute Gasteiger partial charge is 0.340 e.